The molecule has 1 aliphatic rings. The Bertz CT molecular complexity index is 1610. The lowest BCUT2D eigenvalue weighted by atomic mass is 10.0. The van der Waals surface area contributed by atoms with Crippen molar-refractivity contribution in [2.45, 2.75) is 63.2 Å². The quantitative estimate of drug-likeness (QED) is 0.311. The number of aliphatic hydroxyl groups excluding tert-OH is 1. The third-order valence-electron chi connectivity index (χ3n) is 8.30. The van der Waals surface area contributed by atoms with Crippen molar-refractivity contribution in [1.82, 2.24) is 9.21 Å². The monoisotopic (exact) mass is 685 g/mol. The number of nitrogens with zero attached hydrogens (tertiary/aromatic N) is 2. The zero-order chi connectivity index (χ0) is 34.1. The molecule has 1 aliphatic heterocycles. The first kappa shape index (κ1) is 36.4. The van der Waals surface area contributed by atoms with E-state index < -0.39 is 28.1 Å². The molecule has 0 unspecified atom stereocenters. The second-order valence-corrected chi connectivity index (χ2v) is 14.6. The zero-order valence-electron chi connectivity index (χ0n) is 27.3. The molecule has 0 spiro atoms. The number of hydrogen-bond acceptors (Lipinski definition) is 7. The van der Waals surface area contributed by atoms with Crippen molar-refractivity contribution in [2.75, 3.05) is 38.7 Å². The van der Waals surface area contributed by atoms with Gasteiger partial charge in [-0.25, -0.2) is 8.42 Å². The summed E-state index contributed by atoms with van der Waals surface area (Å²) in [6.45, 7) is 5.89. The van der Waals surface area contributed by atoms with Crippen molar-refractivity contribution in [3.63, 3.8) is 0 Å². The number of nitrogens with one attached hydrogen (secondary N) is 1. The molecule has 47 heavy (non-hydrogen) atoms. The highest BCUT2D eigenvalue weighted by atomic mass is 35.5. The first-order valence-electron chi connectivity index (χ1n) is 15.8. The van der Waals surface area contributed by atoms with Gasteiger partial charge in [-0.05, 0) is 87.7 Å². The highest BCUT2D eigenvalue weighted by molar-refractivity contribution is 7.89. The number of rotatable bonds is 8. The number of hydrogen-bond donors (Lipinski definition) is 2. The van der Waals surface area contributed by atoms with E-state index in [2.05, 4.69) is 5.32 Å². The van der Waals surface area contributed by atoms with Crippen molar-refractivity contribution < 1.29 is 32.6 Å². The molecular formula is C35H44ClN3O7S. The molecule has 1 heterocycles. The second kappa shape index (κ2) is 16.6. The van der Waals surface area contributed by atoms with Gasteiger partial charge in [0.25, 0.3) is 11.8 Å². The molecule has 2 amide bonds. The van der Waals surface area contributed by atoms with E-state index in [1.165, 1.54) is 35.6 Å². The van der Waals surface area contributed by atoms with Crippen LogP contribution in [0.4, 0.5) is 5.69 Å². The number of benzene rings is 3. The molecule has 0 saturated heterocycles. The molecule has 0 aromatic heterocycles. The van der Waals surface area contributed by atoms with Crippen molar-refractivity contribution in [1.29, 1.82) is 0 Å². The van der Waals surface area contributed by atoms with Crippen LogP contribution in [0.1, 0.15) is 60.7 Å². The summed E-state index contributed by atoms with van der Waals surface area (Å²) in [4.78, 5) is 28.9. The van der Waals surface area contributed by atoms with Gasteiger partial charge in [0.2, 0.25) is 10.0 Å². The number of sulfonamides is 1. The molecule has 4 atom stereocenters. The SMILES string of the molecule is C[C@@H]1CCCCO[C@@H](CN(C)S(=O)(=O)c2ccc(Cl)cc2)[C@@H](C)CN([C@@H](C)CO)C(=O)c2cc(NC(=O)c3ccccc3)ccc2O1. The minimum Gasteiger partial charge on any atom is -0.490 e. The van der Waals surface area contributed by atoms with Crippen molar-refractivity contribution in [2.24, 2.45) is 5.92 Å². The third-order valence-corrected chi connectivity index (χ3v) is 10.4. The van der Waals surface area contributed by atoms with Gasteiger partial charge < -0.3 is 24.8 Å². The fourth-order valence-electron chi connectivity index (χ4n) is 5.39. The van der Waals surface area contributed by atoms with Gasteiger partial charge in [0.05, 0.1) is 35.3 Å². The van der Waals surface area contributed by atoms with Crippen molar-refractivity contribution in [3.8, 4) is 5.75 Å². The van der Waals surface area contributed by atoms with Gasteiger partial charge in [-0.3, -0.25) is 9.59 Å². The number of fused-ring (bicyclic) bond motifs is 1. The van der Waals surface area contributed by atoms with Gasteiger partial charge in [0.15, 0.2) is 0 Å². The zero-order valence-corrected chi connectivity index (χ0v) is 28.8. The maximum Gasteiger partial charge on any atom is 0.258 e. The first-order chi connectivity index (χ1) is 22.4. The van der Waals surface area contributed by atoms with Gasteiger partial charge in [-0.1, -0.05) is 36.7 Å². The third kappa shape index (κ3) is 9.55. The highest BCUT2D eigenvalue weighted by Crippen LogP contribution is 2.29. The van der Waals surface area contributed by atoms with E-state index in [-0.39, 0.29) is 48.1 Å². The minimum absolute atomic E-state index is 0.0490. The standard InChI is InChI=1S/C35H44ClN3O7S/c1-24-21-39(25(2)23-40)35(42)31-20-29(37-34(41)27-11-6-5-7-12-27)15-18-32(31)46-26(3)10-8-9-19-45-33(24)22-38(4)47(43,44)30-16-13-28(36)14-17-30/h5-7,11-18,20,24-26,33,40H,8-10,19,21-23H2,1-4H3,(H,37,41)/t24-,25-,26+,33-/m0/s1. The Labute approximate surface area is 282 Å². The maximum absolute atomic E-state index is 14.3. The van der Waals surface area contributed by atoms with E-state index in [0.29, 0.717) is 35.1 Å². The Morgan fingerprint density at radius 3 is 2.47 bits per heavy atom. The van der Waals surface area contributed by atoms with E-state index in [9.17, 15) is 23.1 Å². The van der Waals surface area contributed by atoms with Crippen LogP contribution >= 0.6 is 11.6 Å². The van der Waals surface area contributed by atoms with Gasteiger partial charge in [-0.2, -0.15) is 4.31 Å². The van der Waals surface area contributed by atoms with Gasteiger partial charge in [0, 0.05) is 48.9 Å². The van der Waals surface area contributed by atoms with Gasteiger partial charge in [-0.15, -0.1) is 0 Å². The topological polar surface area (TPSA) is 125 Å². The fraction of sp³-hybridized carbons (Fsp3) is 0.429. The van der Waals surface area contributed by atoms with Crippen LogP contribution in [-0.4, -0.2) is 86.1 Å². The predicted octanol–water partition coefficient (Wildman–Crippen LogP) is 5.71. The van der Waals surface area contributed by atoms with Gasteiger partial charge in [0.1, 0.15) is 5.75 Å². The number of carbonyl (C=O) groups is 2. The number of ether oxygens (including phenoxy) is 2. The molecule has 0 saturated carbocycles. The molecule has 254 valence electrons. The average Bonchev–Trinajstić information content (AvgIpc) is 3.06. The molecule has 2 N–H and O–H groups in total. The number of anilines is 1. The number of aliphatic hydroxyl groups is 1. The van der Waals surface area contributed by atoms with Crippen molar-refractivity contribution in [3.05, 3.63) is 88.9 Å². The van der Waals surface area contributed by atoms with Crippen LogP contribution < -0.4 is 10.1 Å². The van der Waals surface area contributed by atoms with E-state index in [1.54, 1.807) is 54.3 Å². The predicted molar refractivity (Wildman–Crippen MR) is 183 cm³/mol. The molecule has 4 rings (SSSR count). The lowest BCUT2D eigenvalue weighted by Gasteiger charge is -2.35. The van der Waals surface area contributed by atoms with Crippen LogP contribution in [0.3, 0.4) is 0 Å². The molecule has 3 aromatic carbocycles. The van der Waals surface area contributed by atoms with Crippen molar-refractivity contribution >= 4 is 39.1 Å². The summed E-state index contributed by atoms with van der Waals surface area (Å²) in [5, 5.41) is 13.5. The molecule has 0 fully saturated rings. The number of likely N-dealkylation sites (N-methyl/N-ethyl adjacent to an activating group) is 1. The number of halogens is 1. The Balaban J connectivity index is 1.65. The Morgan fingerprint density at radius 2 is 1.79 bits per heavy atom. The summed E-state index contributed by atoms with van der Waals surface area (Å²) in [5.41, 5.74) is 1.14. The summed E-state index contributed by atoms with van der Waals surface area (Å²) < 4.78 is 40.7. The Kier molecular flexibility index (Phi) is 12.8. The number of carbonyl (C=O) groups excluding carboxylic acids is 2. The van der Waals surface area contributed by atoms with E-state index in [4.69, 9.17) is 21.1 Å². The first-order valence-corrected chi connectivity index (χ1v) is 17.6. The van der Waals surface area contributed by atoms with Gasteiger partial charge >= 0.3 is 0 Å². The smallest absolute Gasteiger partial charge is 0.258 e. The molecule has 0 bridgehead atoms. The number of amides is 2. The van der Waals surface area contributed by atoms with E-state index >= 15 is 0 Å². The summed E-state index contributed by atoms with van der Waals surface area (Å²) in [5.74, 6) is -0.668. The molecule has 0 radical (unpaired) electrons. The molecule has 12 heteroatoms. The van der Waals surface area contributed by atoms with Crippen LogP contribution in [0.15, 0.2) is 77.7 Å². The van der Waals surface area contributed by atoms with Crippen LogP contribution in [0.5, 0.6) is 5.75 Å². The molecule has 0 aliphatic carbocycles. The highest BCUT2D eigenvalue weighted by Gasteiger charge is 2.32. The minimum atomic E-state index is -3.84. The van der Waals surface area contributed by atoms with E-state index in [0.717, 1.165) is 12.8 Å². The lowest BCUT2D eigenvalue weighted by Crippen LogP contribution is -2.48. The summed E-state index contributed by atoms with van der Waals surface area (Å²) in [7, 11) is -2.34. The van der Waals surface area contributed by atoms with Crippen LogP contribution in [0.2, 0.25) is 5.02 Å². The molecule has 10 nitrogen and oxygen atoms in total. The molecular weight excluding hydrogens is 642 g/mol. The Hall–Kier alpha value is -3.48. The average molecular weight is 686 g/mol. The normalized spacial score (nSPS) is 20.5. The summed E-state index contributed by atoms with van der Waals surface area (Å²) >= 11 is 5.98. The molecule has 3 aromatic rings. The van der Waals surface area contributed by atoms with Crippen LogP contribution in [-0.2, 0) is 14.8 Å². The Morgan fingerprint density at radius 1 is 1.09 bits per heavy atom. The van der Waals surface area contributed by atoms with Crippen LogP contribution in [0, 0.1) is 5.92 Å². The van der Waals surface area contributed by atoms with E-state index in [1.807, 2.05) is 19.9 Å². The van der Waals surface area contributed by atoms with Crippen LogP contribution in [0.25, 0.3) is 0 Å². The lowest BCUT2D eigenvalue weighted by molar-refractivity contribution is -0.00834. The second-order valence-electron chi connectivity index (χ2n) is 12.1. The summed E-state index contributed by atoms with van der Waals surface area (Å²) in [6.07, 6.45) is 1.45. The maximum atomic E-state index is 14.3. The largest absolute Gasteiger partial charge is 0.490 e. The summed E-state index contributed by atoms with van der Waals surface area (Å²) in [6, 6.07) is 19.2. The fourth-order valence-corrected chi connectivity index (χ4v) is 6.70.